The molecule has 1 saturated heterocycles. The summed E-state index contributed by atoms with van der Waals surface area (Å²) in [7, 11) is -3.83. The molecule has 3 aromatic rings. The number of nitrogens with zero attached hydrogens (tertiary/aromatic N) is 2. The Hall–Kier alpha value is -2.64. The summed E-state index contributed by atoms with van der Waals surface area (Å²) < 4.78 is 37.9. The normalized spacial score (nSPS) is 14.5. The van der Waals surface area contributed by atoms with Crippen molar-refractivity contribution in [1.82, 2.24) is 9.29 Å². The smallest absolute Gasteiger partial charge is 0.338 e. The van der Waals surface area contributed by atoms with E-state index in [1.54, 1.807) is 0 Å². The van der Waals surface area contributed by atoms with E-state index in [0.717, 1.165) is 11.3 Å². The summed E-state index contributed by atoms with van der Waals surface area (Å²) in [4.78, 5) is 29.0. The van der Waals surface area contributed by atoms with Gasteiger partial charge in [0.15, 0.2) is 11.7 Å². The molecule has 1 aliphatic heterocycles. The van der Waals surface area contributed by atoms with Crippen molar-refractivity contribution in [2.75, 3.05) is 38.2 Å². The van der Waals surface area contributed by atoms with Crippen molar-refractivity contribution < 1.29 is 27.5 Å². The molecule has 4 rings (SSSR count). The summed E-state index contributed by atoms with van der Waals surface area (Å²) in [6.07, 6.45) is 0. The maximum absolute atomic E-state index is 13.0. The van der Waals surface area contributed by atoms with Crippen LogP contribution in [0.1, 0.15) is 10.4 Å². The molecular weight excluding hydrogens is 546 g/mol. The van der Waals surface area contributed by atoms with Crippen LogP contribution in [0, 0.1) is 0 Å². The number of hydrogen-bond acceptors (Lipinski definition) is 8. The van der Waals surface area contributed by atoms with Crippen LogP contribution in [0.2, 0.25) is 0 Å². The fourth-order valence-corrected chi connectivity index (χ4v) is 6.29. The van der Waals surface area contributed by atoms with Gasteiger partial charge < -0.3 is 9.47 Å². The summed E-state index contributed by atoms with van der Waals surface area (Å²) in [5.74, 6) is -1.37. The Balaban J connectivity index is 1.38. The van der Waals surface area contributed by atoms with Crippen molar-refractivity contribution in [2.45, 2.75) is 4.90 Å². The number of aromatic nitrogens is 1. The number of sulfonamides is 1. The van der Waals surface area contributed by atoms with Crippen LogP contribution >= 0.6 is 27.3 Å². The van der Waals surface area contributed by atoms with Crippen molar-refractivity contribution in [2.24, 2.45) is 0 Å². The molecule has 1 amide bonds. The number of halogens is 1. The van der Waals surface area contributed by atoms with Gasteiger partial charge in [-0.3, -0.25) is 10.1 Å². The molecule has 1 fully saturated rings. The van der Waals surface area contributed by atoms with Crippen molar-refractivity contribution in [3.63, 3.8) is 0 Å². The Bertz CT molecular complexity index is 1290. The largest absolute Gasteiger partial charge is 0.452 e. The number of rotatable bonds is 7. The lowest BCUT2D eigenvalue weighted by Gasteiger charge is -2.26. The highest BCUT2D eigenvalue weighted by atomic mass is 79.9. The van der Waals surface area contributed by atoms with Gasteiger partial charge in [-0.25, -0.2) is 18.2 Å². The van der Waals surface area contributed by atoms with E-state index in [1.807, 2.05) is 35.7 Å². The SMILES string of the molecule is O=C(COC(=O)c1ccc(Br)c(S(=O)(=O)N2CCOCC2)c1)Nc1nc(-c2ccccc2)cs1. The van der Waals surface area contributed by atoms with Crippen LogP contribution in [0.4, 0.5) is 5.13 Å². The number of esters is 1. The Labute approximate surface area is 208 Å². The number of nitrogens with one attached hydrogen (secondary N) is 1. The Morgan fingerprint density at radius 2 is 1.88 bits per heavy atom. The Morgan fingerprint density at radius 1 is 1.15 bits per heavy atom. The number of thiazole rings is 1. The van der Waals surface area contributed by atoms with Gasteiger partial charge >= 0.3 is 5.97 Å². The second kappa shape index (κ2) is 10.7. The maximum atomic E-state index is 13.0. The summed E-state index contributed by atoms with van der Waals surface area (Å²) in [5.41, 5.74) is 1.66. The number of anilines is 1. The molecule has 12 heteroatoms. The zero-order valence-corrected chi connectivity index (χ0v) is 21.0. The Kier molecular flexibility index (Phi) is 7.73. The predicted molar refractivity (Wildman–Crippen MR) is 130 cm³/mol. The van der Waals surface area contributed by atoms with E-state index in [1.165, 1.54) is 33.8 Å². The molecule has 1 aliphatic rings. The fourth-order valence-electron chi connectivity index (χ4n) is 3.20. The van der Waals surface area contributed by atoms with Gasteiger partial charge in [-0.05, 0) is 34.1 Å². The molecule has 0 atom stereocenters. The maximum Gasteiger partial charge on any atom is 0.338 e. The van der Waals surface area contributed by atoms with Crippen LogP contribution in [0.15, 0.2) is 63.3 Å². The lowest BCUT2D eigenvalue weighted by Crippen LogP contribution is -2.40. The molecule has 0 radical (unpaired) electrons. The number of ether oxygens (including phenoxy) is 2. The molecule has 0 bridgehead atoms. The lowest BCUT2D eigenvalue weighted by atomic mass is 10.2. The number of carbonyl (C=O) groups is 2. The predicted octanol–water partition coefficient (Wildman–Crippen LogP) is 3.39. The molecule has 178 valence electrons. The van der Waals surface area contributed by atoms with Crippen LogP contribution in [0.25, 0.3) is 11.3 Å². The van der Waals surface area contributed by atoms with Crippen LogP contribution < -0.4 is 5.32 Å². The number of benzene rings is 2. The number of carbonyl (C=O) groups excluding carboxylic acids is 2. The minimum Gasteiger partial charge on any atom is -0.452 e. The summed E-state index contributed by atoms with van der Waals surface area (Å²) in [6, 6.07) is 13.6. The number of morpholine rings is 1. The van der Waals surface area contributed by atoms with Crippen molar-refractivity contribution in [3.8, 4) is 11.3 Å². The van der Waals surface area contributed by atoms with Gasteiger partial charge in [-0.1, -0.05) is 30.3 Å². The van der Waals surface area contributed by atoms with Gasteiger partial charge in [0.1, 0.15) is 0 Å². The second-order valence-electron chi connectivity index (χ2n) is 7.19. The average Bonchev–Trinajstić information content (AvgIpc) is 3.32. The molecule has 9 nitrogen and oxygen atoms in total. The van der Waals surface area contributed by atoms with E-state index < -0.39 is 28.5 Å². The highest BCUT2D eigenvalue weighted by molar-refractivity contribution is 9.10. The quantitative estimate of drug-likeness (QED) is 0.436. The lowest BCUT2D eigenvalue weighted by molar-refractivity contribution is -0.119. The van der Waals surface area contributed by atoms with E-state index >= 15 is 0 Å². The molecule has 0 aliphatic carbocycles. The third-order valence-corrected chi connectivity index (χ3v) is 8.56. The average molecular weight is 566 g/mol. The first-order chi connectivity index (χ1) is 16.3. The molecular formula is C22H20BrN3O6S2. The van der Waals surface area contributed by atoms with Gasteiger partial charge in [0.05, 0.1) is 29.4 Å². The minimum atomic E-state index is -3.83. The first-order valence-corrected chi connectivity index (χ1v) is 13.3. The third kappa shape index (κ3) is 5.70. The van der Waals surface area contributed by atoms with Crippen molar-refractivity contribution in [1.29, 1.82) is 0 Å². The molecule has 0 unspecified atom stereocenters. The van der Waals surface area contributed by atoms with E-state index in [2.05, 4.69) is 26.2 Å². The van der Waals surface area contributed by atoms with Gasteiger partial charge in [0.2, 0.25) is 10.0 Å². The fraction of sp³-hybridized carbons (Fsp3) is 0.227. The number of hydrogen-bond donors (Lipinski definition) is 1. The number of amides is 1. The molecule has 2 aromatic carbocycles. The molecule has 0 spiro atoms. The van der Waals surface area contributed by atoms with Crippen molar-refractivity contribution >= 4 is 54.3 Å². The monoisotopic (exact) mass is 565 g/mol. The minimum absolute atomic E-state index is 0.0171. The summed E-state index contributed by atoms with van der Waals surface area (Å²) in [6.45, 7) is 0.526. The van der Waals surface area contributed by atoms with E-state index in [9.17, 15) is 18.0 Å². The highest BCUT2D eigenvalue weighted by Crippen LogP contribution is 2.27. The Morgan fingerprint density at radius 3 is 2.62 bits per heavy atom. The highest BCUT2D eigenvalue weighted by Gasteiger charge is 2.29. The van der Waals surface area contributed by atoms with E-state index in [-0.39, 0.29) is 23.5 Å². The van der Waals surface area contributed by atoms with E-state index in [0.29, 0.717) is 22.8 Å². The van der Waals surface area contributed by atoms with Crippen LogP contribution in [0.5, 0.6) is 0 Å². The molecule has 2 heterocycles. The summed E-state index contributed by atoms with van der Waals surface area (Å²) in [5, 5.41) is 4.79. The van der Waals surface area contributed by atoms with E-state index in [4.69, 9.17) is 9.47 Å². The zero-order valence-electron chi connectivity index (χ0n) is 17.8. The van der Waals surface area contributed by atoms with Gasteiger partial charge in [0, 0.05) is 28.5 Å². The standard InChI is InChI=1S/C22H20BrN3O6S2/c23-17-7-6-16(12-19(17)34(29,30)26-8-10-31-11-9-26)21(28)32-13-20(27)25-22-24-18(14-33-22)15-4-2-1-3-5-15/h1-7,12,14H,8-11,13H2,(H,24,25,27). The topological polar surface area (TPSA) is 115 Å². The molecule has 1 N–H and O–H groups in total. The summed E-state index contributed by atoms with van der Waals surface area (Å²) >= 11 is 4.50. The first-order valence-electron chi connectivity index (χ1n) is 10.2. The second-order valence-corrected chi connectivity index (χ2v) is 10.8. The van der Waals surface area contributed by atoms with Crippen molar-refractivity contribution in [3.05, 3.63) is 63.9 Å². The zero-order chi connectivity index (χ0) is 24.1. The van der Waals surface area contributed by atoms with Gasteiger partial charge in [-0.15, -0.1) is 11.3 Å². The van der Waals surface area contributed by atoms with Crippen LogP contribution in [-0.2, 0) is 24.3 Å². The first kappa shape index (κ1) is 24.5. The molecule has 34 heavy (non-hydrogen) atoms. The van der Waals surface area contributed by atoms with Gasteiger partial charge in [0.25, 0.3) is 5.91 Å². The van der Waals surface area contributed by atoms with Gasteiger partial charge in [-0.2, -0.15) is 4.31 Å². The molecule has 0 saturated carbocycles. The third-order valence-electron chi connectivity index (χ3n) is 4.91. The molecule has 1 aromatic heterocycles. The van der Waals surface area contributed by atoms with Crippen LogP contribution in [-0.4, -0.2) is 62.5 Å². The van der Waals surface area contributed by atoms with Crippen LogP contribution in [0.3, 0.4) is 0 Å².